The van der Waals surface area contributed by atoms with E-state index in [0.717, 1.165) is 25.7 Å². The molecule has 0 spiro atoms. The van der Waals surface area contributed by atoms with Gasteiger partial charge in [-0.2, -0.15) is 0 Å². The smallest absolute Gasteiger partial charge is 0.335 e. The molecule has 0 atom stereocenters. The summed E-state index contributed by atoms with van der Waals surface area (Å²) in [7, 11) is 0. The van der Waals surface area contributed by atoms with Crippen LogP contribution in [0.25, 0.3) is 0 Å². The molecule has 0 bridgehead atoms. The molecule has 0 aromatic heterocycles. The van der Waals surface area contributed by atoms with E-state index in [1.165, 1.54) is 12.1 Å². The molecule has 1 amide bonds. The van der Waals surface area contributed by atoms with Crippen molar-refractivity contribution >= 4 is 40.8 Å². The van der Waals surface area contributed by atoms with Gasteiger partial charge in [-0.15, -0.1) is 0 Å². The van der Waals surface area contributed by atoms with Crippen LogP contribution in [0.5, 0.6) is 0 Å². The van der Waals surface area contributed by atoms with E-state index in [2.05, 4.69) is 5.32 Å². The van der Waals surface area contributed by atoms with Crippen LogP contribution < -0.4 is 5.32 Å². The number of carbonyl (C=O) groups is 2. The summed E-state index contributed by atoms with van der Waals surface area (Å²) < 4.78 is 0. The Kier molecular flexibility index (Phi) is 6.99. The number of halogens is 2. The fourth-order valence-electron chi connectivity index (χ4n) is 2.14. The van der Waals surface area contributed by atoms with E-state index >= 15 is 0 Å². The van der Waals surface area contributed by atoms with Crippen molar-refractivity contribution in [3.8, 4) is 0 Å². The molecule has 0 saturated carbocycles. The SMILES string of the molecule is CCCC(CCC)C(=O)Nc1c(Cl)cc(C(=O)O)cc1Cl. The minimum absolute atomic E-state index is 0.0123. The van der Waals surface area contributed by atoms with Crippen molar-refractivity contribution in [1.82, 2.24) is 0 Å². The van der Waals surface area contributed by atoms with Crippen LogP contribution in [0.3, 0.4) is 0 Å². The van der Waals surface area contributed by atoms with Crippen LogP contribution in [0.15, 0.2) is 12.1 Å². The van der Waals surface area contributed by atoms with Crippen molar-refractivity contribution < 1.29 is 14.7 Å². The molecule has 0 aliphatic heterocycles. The lowest BCUT2D eigenvalue weighted by Crippen LogP contribution is -2.23. The summed E-state index contributed by atoms with van der Waals surface area (Å²) in [4.78, 5) is 23.2. The topological polar surface area (TPSA) is 66.4 Å². The van der Waals surface area contributed by atoms with Crippen LogP contribution in [0.2, 0.25) is 10.0 Å². The molecule has 1 rings (SSSR count). The Balaban J connectivity index is 2.96. The van der Waals surface area contributed by atoms with E-state index in [1.807, 2.05) is 13.8 Å². The molecule has 0 fully saturated rings. The van der Waals surface area contributed by atoms with Gasteiger partial charge in [-0.1, -0.05) is 49.9 Å². The molecule has 0 aliphatic carbocycles. The lowest BCUT2D eigenvalue weighted by molar-refractivity contribution is -0.120. The lowest BCUT2D eigenvalue weighted by atomic mass is 9.97. The van der Waals surface area contributed by atoms with Gasteiger partial charge in [-0.05, 0) is 25.0 Å². The van der Waals surface area contributed by atoms with Crippen molar-refractivity contribution in [3.05, 3.63) is 27.7 Å². The number of rotatable bonds is 7. The standard InChI is InChI=1S/C15H19Cl2NO3/c1-3-5-9(6-4-2)14(19)18-13-11(16)7-10(15(20)21)8-12(13)17/h7-9H,3-6H2,1-2H3,(H,18,19)(H,20,21). The zero-order chi connectivity index (χ0) is 16.0. The number of amides is 1. The second kappa shape index (κ2) is 8.25. The average Bonchev–Trinajstić information content (AvgIpc) is 2.42. The van der Waals surface area contributed by atoms with E-state index in [1.54, 1.807) is 0 Å². The highest BCUT2D eigenvalue weighted by Gasteiger charge is 2.20. The molecule has 2 N–H and O–H groups in total. The van der Waals surface area contributed by atoms with Gasteiger partial charge in [0.1, 0.15) is 0 Å². The third kappa shape index (κ3) is 4.90. The molecule has 6 heteroatoms. The maximum atomic E-state index is 12.3. The number of benzene rings is 1. The Morgan fingerprint density at radius 2 is 1.62 bits per heavy atom. The number of nitrogens with one attached hydrogen (secondary N) is 1. The third-order valence-corrected chi connectivity index (χ3v) is 3.78. The number of carboxylic acids is 1. The van der Waals surface area contributed by atoms with Crippen molar-refractivity contribution in [2.45, 2.75) is 39.5 Å². The molecule has 0 saturated heterocycles. The molecule has 4 nitrogen and oxygen atoms in total. The monoisotopic (exact) mass is 331 g/mol. The van der Waals surface area contributed by atoms with Gasteiger partial charge in [0.25, 0.3) is 0 Å². The molecule has 1 aromatic carbocycles. The van der Waals surface area contributed by atoms with Crippen LogP contribution in [0.1, 0.15) is 49.9 Å². The third-order valence-electron chi connectivity index (χ3n) is 3.18. The van der Waals surface area contributed by atoms with Gasteiger partial charge in [0, 0.05) is 5.92 Å². The van der Waals surface area contributed by atoms with Gasteiger partial charge in [0.05, 0.1) is 21.3 Å². The molecule has 0 radical (unpaired) electrons. The first-order valence-electron chi connectivity index (χ1n) is 6.93. The summed E-state index contributed by atoms with van der Waals surface area (Å²) in [6.07, 6.45) is 3.42. The lowest BCUT2D eigenvalue weighted by Gasteiger charge is -2.17. The minimum Gasteiger partial charge on any atom is -0.478 e. The van der Waals surface area contributed by atoms with Crippen LogP contribution in [0.4, 0.5) is 5.69 Å². The van der Waals surface area contributed by atoms with Crippen molar-refractivity contribution in [2.24, 2.45) is 5.92 Å². The van der Waals surface area contributed by atoms with Crippen molar-refractivity contribution in [1.29, 1.82) is 0 Å². The molecule has 21 heavy (non-hydrogen) atoms. The largest absolute Gasteiger partial charge is 0.478 e. The predicted molar refractivity (Wildman–Crippen MR) is 85.4 cm³/mol. The van der Waals surface area contributed by atoms with E-state index in [4.69, 9.17) is 28.3 Å². The molecule has 1 aromatic rings. The first kappa shape index (κ1) is 17.8. The number of hydrogen-bond donors (Lipinski definition) is 2. The molecule has 0 heterocycles. The van der Waals surface area contributed by atoms with Gasteiger partial charge in [-0.3, -0.25) is 4.79 Å². The van der Waals surface area contributed by atoms with Gasteiger partial charge >= 0.3 is 5.97 Å². The van der Waals surface area contributed by atoms with E-state index < -0.39 is 5.97 Å². The fraction of sp³-hybridized carbons (Fsp3) is 0.467. The number of carbonyl (C=O) groups excluding carboxylic acids is 1. The summed E-state index contributed by atoms with van der Waals surface area (Å²) in [6.45, 7) is 4.05. The van der Waals surface area contributed by atoms with E-state index in [0.29, 0.717) is 0 Å². The maximum absolute atomic E-state index is 12.3. The maximum Gasteiger partial charge on any atom is 0.335 e. The first-order chi connectivity index (χ1) is 9.90. The Labute approximate surface area is 134 Å². The van der Waals surface area contributed by atoms with Gasteiger partial charge in [-0.25, -0.2) is 4.79 Å². The molecular formula is C15H19Cl2NO3. The second-order valence-electron chi connectivity index (χ2n) is 4.88. The highest BCUT2D eigenvalue weighted by molar-refractivity contribution is 6.40. The van der Waals surface area contributed by atoms with Crippen molar-refractivity contribution in [2.75, 3.05) is 5.32 Å². The zero-order valence-corrected chi connectivity index (χ0v) is 13.6. The minimum atomic E-state index is -1.12. The van der Waals surface area contributed by atoms with Crippen LogP contribution in [-0.2, 0) is 4.79 Å². The van der Waals surface area contributed by atoms with Gasteiger partial charge in [0.2, 0.25) is 5.91 Å². The molecular weight excluding hydrogens is 313 g/mol. The van der Waals surface area contributed by atoms with Gasteiger partial charge < -0.3 is 10.4 Å². The van der Waals surface area contributed by atoms with Crippen LogP contribution >= 0.6 is 23.2 Å². The summed E-state index contributed by atoms with van der Waals surface area (Å²) in [5.74, 6) is -1.34. The molecule has 0 aliphatic rings. The Morgan fingerprint density at radius 3 is 2.00 bits per heavy atom. The summed E-state index contributed by atoms with van der Waals surface area (Å²) >= 11 is 12.0. The van der Waals surface area contributed by atoms with Crippen LogP contribution in [0, 0.1) is 5.92 Å². The van der Waals surface area contributed by atoms with Crippen LogP contribution in [-0.4, -0.2) is 17.0 Å². The number of anilines is 1. The normalized spacial score (nSPS) is 10.7. The highest BCUT2D eigenvalue weighted by Crippen LogP contribution is 2.32. The Hall–Kier alpha value is -1.26. The Bertz CT molecular complexity index is 503. The fourth-order valence-corrected chi connectivity index (χ4v) is 2.73. The summed E-state index contributed by atoms with van der Waals surface area (Å²) in [5, 5.41) is 11.9. The molecule has 116 valence electrons. The van der Waals surface area contributed by atoms with Crippen molar-refractivity contribution in [3.63, 3.8) is 0 Å². The summed E-state index contributed by atoms with van der Waals surface area (Å²) in [6, 6.07) is 2.56. The predicted octanol–water partition coefficient (Wildman–Crippen LogP) is 4.85. The number of hydrogen-bond acceptors (Lipinski definition) is 2. The summed E-state index contributed by atoms with van der Waals surface area (Å²) in [5.41, 5.74) is 0.257. The van der Waals surface area contributed by atoms with E-state index in [-0.39, 0.29) is 33.1 Å². The first-order valence-corrected chi connectivity index (χ1v) is 7.69. The highest BCUT2D eigenvalue weighted by atomic mass is 35.5. The average molecular weight is 332 g/mol. The number of aromatic carboxylic acids is 1. The number of carboxylic acid groups (broad SMARTS) is 1. The van der Waals surface area contributed by atoms with Gasteiger partial charge in [0.15, 0.2) is 0 Å². The Morgan fingerprint density at radius 1 is 1.14 bits per heavy atom. The van der Waals surface area contributed by atoms with E-state index in [9.17, 15) is 9.59 Å². The second-order valence-corrected chi connectivity index (χ2v) is 5.70. The molecule has 0 unspecified atom stereocenters. The quantitative estimate of drug-likeness (QED) is 0.750. The zero-order valence-electron chi connectivity index (χ0n) is 12.1.